The summed E-state index contributed by atoms with van der Waals surface area (Å²) in [5.74, 6) is 0. The summed E-state index contributed by atoms with van der Waals surface area (Å²) in [5, 5.41) is 30.7. The second-order valence-electron chi connectivity index (χ2n) is 17.6. The first-order chi connectivity index (χ1) is 29.4. The molecular weight excluding hydrogens is 920 g/mol. The summed E-state index contributed by atoms with van der Waals surface area (Å²) >= 11 is 0.0139. The Hall–Kier alpha value is 0.179. The Morgan fingerprint density at radius 3 is 1.05 bits per heavy atom. The van der Waals surface area contributed by atoms with Crippen LogP contribution in [-0.2, 0) is 39.4 Å². The van der Waals surface area contributed by atoms with Crippen LogP contribution in [0.5, 0.6) is 0 Å². The van der Waals surface area contributed by atoms with Crippen LogP contribution in [0.15, 0.2) is 36.4 Å². The predicted octanol–water partition coefficient (Wildman–Crippen LogP) is 8.03. The molecule has 2 aromatic heterocycles. The van der Waals surface area contributed by atoms with Gasteiger partial charge >= 0.3 is 66.7 Å². The Morgan fingerprint density at radius 1 is 0.417 bits per heavy atom. The molecule has 10 atom stereocenters. The zero-order chi connectivity index (χ0) is 42.4. The summed E-state index contributed by atoms with van der Waals surface area (Å²) in [5.41, 5.74) is 4.68. The van der Waals surface area contributed by atoms with Gasteiger partial charge in [0.05, 0.1) is 22.8 Å². The van der Waals surface area contributed by atoms with Crippen molar-refractivity contribution in [2.75, 3.05) is 26.2 Å². The molecule has 0 amide bonds. The van der Waals surface area contributed by atoms with Crippen molar-refractivity contribution in [1.29, 1.82) is 0 Å². The van der Waals surface area contributed by atoms with Gasteiger partial charge in [-0.3, -0.25) is 9.97 Å². The van der Waals surface area contributed by atoms with Crippen LogP contribution in [0.1, 0.15) is 151 Å². The van der Waals surface area contributed by atoms with Gasteiger partial charge in [-0.15, -0.1) is 0 Å². The second-order valence-corrected chi connectivity index (χ2v) is 21.5. The smallest absolute Gasteiger partial charge is 0.0545 e. The van der Waals surface area contributed by atoms with Crippen LogP contribution in [0, 0.1) is 0 Å². The van der Waals surface area contributed by atoms with Crippen molar-refractivity contribution >= 4 is 40.4 Å². The minimum absolute atomic E-state index is 0.00694. The quantitative estimate of drug-likeness (QED) is 0.123. The van der Waals surface area contributed by atoms with Crippen LogP contribution >= 0.6 is 40.4 Å². The van der Waals surface area contributed by atoms with Crippen LogP contribution in [-0.4, -0.2) is 84.5 Å². The van der Waals surface area contributed by atoms with Crippen LogP contribution in [0.25, 0.3) is 0 Å². The van der Waals surface area contributed by atoms with Crippen LogP contribution in [0.4, 0.5) is 0 Å². The van der Waals surface area contributed by atoms with E-state index in [1.165, 1.54) is 126 Å². The molecule has 2 aromatic rings. The average Bonchev–Trinajstić information content (AvgIpc) is 3.28. The number of aromatic nitrogens is 2. The van der Waals surface area contributed by atoms with E-state index in [0.717, 1.165) is 39.3 Å². The van der Waals surface area contributed by atoms with Gasteiger partial charge in [-0.25, -0.2) is 0 Å². The van der Waals surface area contributed by atoms with Gasteiger partial charge in [0.25, 0.3) is 0 Å². The largest absolute Gasteiger partial charge is 0.311 e. The number of hydrogen-bond acceptors (Lipinski definition) is 10. The Labute approximate surface area is 391 Å². The van der Waals surface area contributed by atoms with Crippen molar-refractivity contribution in [3.05, 3.63) is 59.2 Å². The summed E-state index contributed by atoms with van der Waals surface area (Å²) in [6, 6.07) is 18.1. The number of rotatable bonds is 0. The van der Waals surface area contributed by atoms with Crippen LogP contribution in [0.2, 0.25) is 0 Å². The standard InChI is InChI=1S/C23H39N5.C21H35N5.4ClH.2Mn/c1-16-18-12-7-13-19(28-18)17(2)27-23-11-6-4-9-21(23)25-15-14-24-20-8-3-5-10-22(20)26-16;1-3-10-20-18(8-1)22-12-13-23-19-9-2-4-11-21(19)25-15-17-7-5-6-16(26-17)14-24-20;;;;;;/h7,12-13,16-17,20-27H,3-6,8-11,14-15H2,1-2H3;5-7,18-25H,1-4,8-15H2;4*1H;;/q;;;;;;2*+2/p-4/t16-,17-,20+,21+,22+,23+;18-,19-,20-,21-;;;;;;/m00....../s1. The molecule has 0 aromatic carbocycles. The molecule has 6 aliphatic rings. The SMILES string of the molecule is C[C@@H]1N[C@@H]2CCCC[C@H]2NCCN[C@@H]2CCCC[C@H]2N[C@@H](C)c2cccc1n2.[Cl][Mn][Cl].[Cl][Mn][Cl].c1cc2nc(c1)CN[C@H]1CCCC[C@@H]1NCCN[C@H]1CCCC[C@@H]1NC2. The van der Waals surface area contributed by atoms with Crippen LogP contribution in [0.3, 0.4) is 0 Å². The molecule has 0 radical (unpaired) electrons. The molecule has 0 spiro atoms. The Balaban J connectivity index is 0.000000202. The van der Waals surface area contributed by atoms with Gasteiger partial charge in [0, 0.05) is 99.7 Å². The molecule has 0 saturated heterocycles. The predicted molar refractivity (Wildman–Crippen MR) is 245 cm³/mol. The van der Waals surface area contributed by atoms with Gasteiger partial charge in [0.15, 0.2) is 0 Å². The number of nitrogens with one attached hydrogen (secondary N) is 8. The van der Waals surface area contributed by atoms with Crippen molar-refractivity contribution in [1.82, 2.24) is 52.5 Å². The molecule has 4 aliphatic carbocycles. The minimum atomic E-state index is 0.00694. The maximum atomic E-state index is 5.06. The minimum Gasteiger partial charge on any atom is -0.311 e. The van der Waals surface area contributed by atoms with E-state index in [1.807, 2.05) is 0 Å². The second kappa shape index (κ2) is 29.7. The number of pyridine rings is 2. The summed E-state index contributed by atoms with van der Waals surface area (Å²) in [4.78, 5) is 9.95. The third-order valence-electron chi connectivity index (χ3n) is 13.5. The van der Waals surface area contributed by atoms with E-state index in [4.69, 9.17) is 50.4 Å². The first-order valence-corrected chi connectivity index (χ1v) is 29.5. The van der Waals surface area contributed by atoms with Gasteiger partial charge in [0.2, 0.25) is 0 Å². The van der Waals surface area contributed by atoms with E-state index in [-0.39, 0.29) is 38.4 Å². The monoisotopic (exact) mass is 992 g/mol. The van der Waals surface area contributed by atoms with Crippen molar-refractivity contribution in [3.8, 4) is 0 Å². The van der Waals surface area contributed by atoms with E-state index < -0.39 is 0 Å². The number of hydrogen-bond donors (Lipinski definition) is 8. The Bertz CT molecular complexity index is 1360. The molecule has 60 heavy (non-hydrogen) atoms. The average molecular weight is 995 g/mol. The van der Waals surface area contributed by atoms with Gasteiger partial charge < -0.3 is 42.5 Å². The third kappa shape index (κ3) is 17.5. The molecule has 16 heteroatoms. The maximum Gasteiger partial charge on any atom is 0.0545 e. The molecular formula is C44H74Cl4Mn2N10. The fourth-order valence-electron chi connectivity index (χ4n) is 10.4. The van der Waals surface area contributed by atoms with Crippen molar-refractivity contribution in [2.24, 2.45) is 0 Å². The first-order valence-electron chi connectivity index (χ1n) is 23.0. The topological polar surface area (TPSA) is 122 Å². The van der Waals surface area contributed by atoms with E-state index in [1.54, 1.807) is 0 Å². The number of nitrogens with zero attached hydrogens (tertiary/aromatic N) is 2. The molecule has 2 aliphatic heterocycles. The summed E-state index contributed by atoms with van der Waals surface area (Å²) < 4.78 is 0. The van der Waals surface area contributed by atoms with E-state index in [2.05, 4.69) is 92.8 Å². The molecule has 4 bridgehead atoms. The Kier molecular flexibility index (Phi) is 25.3. The normalized spacial score (nSPS) is 33.0. The fourth-order valence-corrected chi connectivity index (χ4v) is 10.4. The molecule has 4 saturated carbocycles. The molecule has 4 heterocycles. The van der Waals surface area contributed by atoms with Gasteiger partial charge in [-0.2, -0.15) is 0 Å². The fraction of sp³-hybridized carbons (Fsp3) is 0.773. The summed E-state index contributed by atoms with van der Waals surface area (Å²) in [7, 11) is 19.2. The van der Waals surface area contributed by atoms with Gasteiger partial charge in [0.1, 0.15) is 0 Å². The molecule has 10 nitrogen and oxygen atoms in total. The molecule has 8 N–H and O–H groups in total. The van der Waals surface area contributed by atoms with E-state index >= 15 is 0 Å². The number of halogens is 4. The van der Waals surface area contributed by atoms with Crippen molar-refractivity contribution in [2.45, 2.75) is 190 Å². The van der Waals surface area contributed by atoms with E-state index in [0.29, 0.717) is 48.3 Å². The zero-order valence-electron chi connectivity index (χ0n) is 36.0. The third-order valence-corrected chi connectivity index (χ3v) is 13.5. The van der Waals surface area contributed by atoms with Gasteiger partial charge in [-0.05, 0) is 89.5 Å². The zero-order valence-corrected chi connectivity index (χ0v) is 41.3. The first kappa shape index (κ1) is 51.2. The molecule has 8 rings (SSSR count). The summed E-state index contributed by atoms with van der Waals surface area (Å²) in [6.45, 7) is 10.5. The molecule has 0 unspecified atom stereocenters. The number of fused-ring (bicyclic) bond motifs is 8. The Morgan fingerprint density at radius 2 is 0.700 bits per heavy atom. The maximum absolute atomic E-state index is 5.06. The summed E-state index contributed by atoms with van der Waals surface area (Å²) in [6.07, 6.45) is 21.0. The van der Waals surface area contributed by atoms with E-state index in [9.17, 15) is 0 Å². The van der Waals surface area contributed by atoms with Crippen molar-refractivity contribution in [3.63, 3.8) is 0 Å². The molecule has 342 valence electrons. The van der Waals surface area contributed by atoms with Gasteiger partial charge in [-0.1, -0.05) is 63.5 Å². The van der Waals surface area contributed by atoms with Crippen molar-refractivity contribution < 1.29 is 26.3 Å². The molecule has 4 fully saturated rings. The van der Waals surface area contributed by atoms with Crippen LogP contribution < -0.4 is 42.5 Å².